The third-order valence-corrected chi connectivity index (χ3v) is 4.55. The summed E-state index contributed by atoms with van der Waals surface area (Å²) in [7, 11) is 7.08. The second-order valence-corrected chi connectivity index (χ2v) is 6.99. The molecule has 0 aliphatic carbocycles. The van der Waals surface area contributed by atoms with Crippen molar-refractivity contribution >= 4 is 12.0 Å². The number of benzene rings is 1. The molecule has 1 fully saturated rings. The van der Waals surface area contributed by atoms with Crippen LogP contribution in [0.15, 0.2) is 24.3 Å². The summed E-state index contributed by atoms with van der Waals surface area (Å²) >= 11 is 0. The van der Waals surface area contributed by atoms with Crippen molar-refractivity contribution in [3.8, 4) is 11.5 Å². The first-order chi connectivity index (χ1) is 12.9. The Morgan fingerprint density at radius 3 is 2.44 bits per heavy atom. The molecule has 0 bridgehead atoms. The van der Waals surface area contributed by atoms with Crippen LogP contribution in [0.2, 0.25) is 0 Å². The fraction of sp³-hybridized carbons (Fsp3) is 0.550. The third kappa shape index (κ3) is 6.53. The summed E-state index contributed by atoms with van der Waals surface area (Å²) in [5, 5.41) is 10.0. The number of β-amino-alcohol motifs (C(OH)–C–C–N with tert-alkyl or cyclic N) is 1. The molecule has 1 heterocycles. The zero-order chi connectivity index (χ0) is 19.8. The molecule has 1 amide bonds. The monoisotopic (exact) mass is 377 g/mol. The van der Waals surface area contributed by atoms with Gasteiger partial charge >= 0.3 is 0 Å². The molecule has 1 aliphatic heterocycles. The van der Waals surface area contributed by atoms with E-state index in [1.807, 2.05) is 42.1 Å². The molecule has 2 rings (SSSR count). The molecular formula is C20H31N3O4. The zero-order valence-electron chi connectivity index (χ0n) is 16.7. The van der Waals surface area contributed by atoms with Crippen molar-refractivity contribution in [3.05, 3.63) is 29.8 Å². The number of aliphatic hydroxyl groups is 1. The predicted molar refractivity (Wildman–Crippen MR) is 106 cm³/mol. The summed E-state index contributed by atoms with van der Waals surface area (Å²) in [6.45, 7) is 4.18. The van der Waals surface area contributed by atoms with Gasteiger partial charge in [0.2, 0.25) is 5.91 Å². The van der Waals surface area contributed by atoms with Crippen LogP contribution in [0.4, 0.5) is 0 Å². The molecule has 1 aromatic carbocycles. The van der Waals surface area contributed by atoms with Gasteiger partial charge in [-0.15, -0.1) is 0 Å². The number of hydrogen-bond donors (Lipinski definition) is 1. The molecule has 0 aromatic heterocycles. The number of nitrogens with zero attached hydrogens (tertiary/aromatic N) is 3. The van der Waals surface area contributed by atoms with Gasteiger partial charge in [-0.05, 0) is 37.9 Å². The van der Waals surface area contributed by atoms with Gasteiger partial charge < -0.3 is 24.4 Å². The van der Waals surface area contributed by atoms with E-state index in [0.29, 0.717) is 37.7 Å². The van der Waals surface area contributed by atoms with E-state index in [2.05, 4.69) is 4.90 Å². The smallest absolute Gasteiger partial charge is 0.246 e. The van der Waals surface area contributed by atoms with Gasteiger partial charge in [0.15, 0.2) is 11.5 Å². The summed E-state index contributed by atoms with van der Waals surface area (Å²) < 4.78 is 10.5. The maximum Gasteiger partial charge on any atom is 0.246 e. The average Bonchev–Trinajstić information content (AvgIpc) is 2.65. The normalized spacial score (nSPS) is 16.7. The summed E-state index contributed by atoms with van der Waals surface area (Å²) in [6, 6.07) is 5.54. The lowest BCUT2D eigenvalue weighted by Crippen LogP contribution is -2.50. The van der Waals surface area contributed by atoms with E-state index in [1.165, 1.54) is 0 Å². The van der Waals surface area contributed by atoms with Crippen molar-refractivity contribution < 1.29 is 19.4 Å². The Balaban J connectivity index is 1.84. The molecule has 150 valence electrons. The van der Waals surface area contributed by atoms with Crippen LogP contribution in [0, 0.1) is 0 Å². The first kappa shape index (κ1) is 21.2. The summed E-state index contributed by atoms with van der Waals surface area (Å²) in [4.78, 5) is 18.5. The van der Waals surface area contributed by atoms with E-state index < -0.39 is 0 Å². The van der Waals surface area contributed by atoms with Crippen LogP contribution < -0.4 is 9.47 Å². The minimum Gasteiger partial charge on any atom is -0.493 e. The molecule has 0 radical (unpaired) electrons. The standard InChI is InChI=1S/C20H31N3O4/c1-21(2)14-17(24)15-22-9-11-23(12-10-22)20(25)8-6-16-5-7-18(26-3)19(13-16)27-4/h5-8,13,17,24H,9-12,14-15H2,1-4H3. The number of likely N-dealkylation sites (N-methyl/N-ethyl adjacent to an activating group) is 1. The molecule has 1 N–H and O–H groups in total. The van der Waals surface area contributed by atoms with Crippen LogP contribution >= 0.6 is 0 Å². The van der Waals surface area contributed by atoms with Crippen molar-refractivity contribution in [2.24, 2.45) is 0 Å². The van der Waals surface area contributed by atoms with E-state index in [1.54, 1.807) is 26.4 Å². The first-order valence-corrected chi connectivity index (χ1v) is 9.17. The maximum atomic E-state index is 12.4. The Hall–Kier alpha value is -2.09. The lowest BCUT2D eigenvalue weighted by atomic mass is 10.2. The summed E-state index contributed by atoms with van der Waals surface area (Å²) in [6.07, 6.45) is 3.02. The second kappa shape index (κ2) is 10.3. The largest absolute Gasteiger partial charge is 0.493 e. The van der Waals surface area contributed by atoms with Crippen LogP contribution in [-0.2, 0) is 4.79 Å². The van der Waals surface area contributed by atoms with Crippen molar-refractivity contribution in [2.45, 2.75) is 6.10 Å². The zero-order valence-corrected chi connectivity index (χ0v) is 16.7. The highest BCUT2D eigenvalue weighted by atomic mass is 16.5. The molecule has 1 aliphatic rings. The molecule has 7 heteroatoms. The van der Waals surface area contributed by atoms with Gasteiger partial charge in [0.25, 0.3) is 0 Å². The third-order valence-electron chi connectivity index (χ3n) is 4.55. The number of piperazine rings is 1. The van der Waals surface area contributed by atoms with Crippen molar-refractivity contribution in [1.29, 1.82) is 0 Å². The fourth-order valence-corrected chi connectivity index (χ4v) is 3.16. The number of ether oxygens (including phenoxy) is 2. The van der Waals surface area contributed by atoms with Crippen molar-refractivity contribution in [1.82, 2.24) is 14.7 Å². The second-order valence-electron chi connectivity index (χ2n) is 6.99. The van der Waals surface area contributed by atoms with Crippen LogP contribution in [-0.4, -0.2) is 99.4 Å². The Kier molecular flexibility index (Phi) is 8.09. The Morgan fingerprint density at radius 2 is 1.85 bits per heavy atom. The topological polar surface area (TPSA) is 65.5 Å². The predicted octanol–water partition coefficient (Wildman–Crippen LogP) is 0.784. The first-order valence-electron chi connectivity index (χ1n) is 9.17. The Labute approximate surface area is 161 Å². The number of carbonyl (C=O) groups is 1. The molecule has 1 aromatic rings. The van der Waals surface area contributed by atoms with Gasteiger partial charge in [0.05, 0.1) is 20.3 Å². The van der Waals surface area contributed by atoms with E-state index >= 15 is 0 Å². The Morgan fingerprint density at radius 1 is 1.19 bits per heavy atom. The van der Waals surface area contributed by atoms with Gasteiger partial charge in [-0.3, -0.25) is 9.69 Å². The average molecular weight is 377 g/mol. The van der Waals surface area contributed by atoms with E-state index in [4.69, 9.17) is 9.47 Å². The number of aliphatic hydroxyl groups excluding tert-OH is 1. The van der Waals surface area contributed by atoms with Gasteiger partial charge in [0, 0.05) is 45.3 Å². The number of methoxy groups -OCH3 is 2. The van der Waals surface area contributed by atoms with Gasteiger partial charge in [0.1, 0.15) is 0 Å². The minimum absolute atomic E-state index is 0.00160. The number of carbonyl (C=O) groups excluding carboxylic acids is 1. The molecule has 1 unspecified atom stereocenters. The lowest BCUT2D eigenvalue weighted by Gasteiger charge is -2.35. The molecule has 7 nitrogen and oxygen atoms in total. The van der Waals surface area contributed by atoms with E-state index in [0.717, 1.165) is 18.7 Å². The highest BCUT2D eigenvalue weighted by Gasteiger charge is 2.21. The number of rotatable bonds is 8. The number of amides is 1. The van der Waals surface area contributed by atoms with E-state index in [-0.39, 0.29) is 12.0 Å². The molecule has 0 spiro atoms. The minimum atomic E-state index is -0.368. The van der Waals surface area contributed by atoms with Crippen LogP contribution in [0.3, 0.4) is 0 Å². The maximum absolute atomic E-state index is 12.4. The van der Waals surface area contributed by atoms with Crippen LogP contribution in [0.5, 0.6) is 11.5 Å². The highest BCUT2D eigenvalue weighted by Crippen LogP contribution is 2.28. The van der Waals surface area contributed by atoms with Gasteiger partial charge in [-0.25, -0.2) is 0 Å². The van der Waals surface area contributed by atoms with Crippen LogP contribution in [0.1, 0.15) is 5.56 Å². The molecule has 0 saturated carbocycles. The van der Waals surface area contributed by atoms with E-state index in [9.17, 15) is 9.90 Å². The van der Waals surface area contributed by atoms with Crippen molar-refractivity contribution in [3.63, 3.8) is 0 Å². The van der Waals surface area contributed by atoms with Gasteiger partial charge in [-0.2, -0.15) is 0 Å². The quantitative estimate of drug-likeness (QED) is 0.676. The summed E-state index contributed by atoms with van der Waals surface area (Å²) in [5.41, 5.74) is 0.881. The molecule has 27 heavy (non-hydrogen) atoms. The molecular weight excluding hydrogens is 346 g/mol. The Bertz CT molecular complexity index is 640. The summed E-state index contributed by atoms with van der Waals surface area (Å²) in [5.74, 6) is 1.30. The molecule has 1 atom stereocenters. The SMILES string of the molecule is COc1ccc(C=CC(=O)N2CCN(CC(O)CN(C)C)CC2)cc1OC. The van der Waals surface area contributed by atoms with Crippen molar-refractivity contribution in [2.75, 3.05) is 67.6 Å². The number of hydrogen-bond acceptors (Lipinski definition) is 6. The molecule has 1 saturated heterocycles. The lowest BCUT2D eigenvalue weighted by molar-refractivity contribution is -0.127. The highest BCUT2D eigenvalue weighted by molar-refractivity contribution is 5.92. The fourth-order valence-electron chi connectivity index (χ4n) is 3.16. The van der Waals surface area contributed by atoms with Gasteiger partial charge in [-0.1, -0.05) is 6.07 Å². The van der Waals surface area contributed by atoms with Crippen LogP contribution in [0.25, 0.3) is 6.08 Å².